The molecule has 0 radical (unpaired) electrons. The molecule has 1 atom stereocenters. The van der Waals surface area contributed by atoms with Crippen molar-refractivity contribution in [1.82, 2.24) is 4.90 Å². The van der Waals surface area contributed by atoms with E-state index in [0.717, 1.165) is 0 Å². The van der Waals surface area contributed by atoms with E-state index >= 15 is 0 Å². The highest BCUT2D eigenvalue weighted by molar-refractivity contribution is 5.77. The van der Waals surface area contributed by atoms with E-state index in [-0.39, 0.29) is 17.8 Å². The first-order valence-electron chi connectivity index (χ1n) is 7.36. The largest absolute Gasteiger partial charge is 0.469 e. The van der Waals surface area contributed by atoms with Gasteiger partial charge in [0.15, 0.2) is 0 Å². The van der Waals surface area contributed by atoms with Gasteiger partial charge in [-0.25, -0.2) is 0 Å². The number of ether oxygens (including phenoxy) is 1. The minimum Gasteiger partial charge on any atom is -0.469 e. The highest BCUT2D eigenvalue weighted by Crippen LogP contribution is 2.25. The third kappa shape index (κ3) is 5.62. The Hall–Kier alpha value is -1.06. The average molecular weight is 269 g/mol. The molecule has 1 saturated carbocycles. The maximum atomic E-state index is 12.1. The average Bonchev–Trinajstić information content (AvgIpc) is 2.66. The van der Waals surface area contributed by atoms with Crippen molar-refractivity contribution in [2.75, 3.05) is 20.7 Å². The van der Waals surface area contributed by atoms with Crippen LogP contribution in [0.2, 0.25) is 0 Å². The van der Waals surface area contributed by atoms with Crippen molar-refractivity contribution in [1.29, 1.82) is 0 Å². The van der Waals surface area contributed by atoms with Crippen LogP contribution in [0.1, 0.15) is 51.9 Å². The van der Waals surface area contributed by atoms with Crippen molar-refractivity contribution in [3.05, 3.63) is 0 Å². The Morgan fingerprint density at radius 2 is 1.79 bits per heavy atom. The zero-order valence-corrected chi connectivity index (χ0v) is 12.5. The smallest absolute Gasteiger partial charge is 0.310 e. The summed E-state index contributed by atoms with van der Waals surface area (Å²) >= 11 is 0. The third-order valence-electron chi connectivity index (χ3n) is 4.02. The van der Waals surface area contributed by atoms with Gasteiger partial charge in [0.2, 0.25) is 5.91 Å². The van der Waals surface area contributed by atoms with E-state index in [2.05, 4.69) is 4.74 Å². The van der Waals surface area contributed by atoms with Gasteiger partial charge in [-0.2, -0.15) is 0 Å². The van der Waals surface area contributed by atoms with E-state index in [1.54, 1.807) is 18.9 Å². The van der Waals surface area contributed by atoms with Crippen molar-refractivity contribution in [2.24, 2.45) is 11.8 Å². The first-order chi connectivity index (χ1) is 9.04. The minimum atomic E-state index is -0.256. The molecular weight excluding hydrogens is 242 g/mol. The fourth-order valence-electron chi connectivity index (χ4n) is 2.76. The van der Waals surface area contributed by atoms with E-state index in [1.165, 1.54) is 45.6 Å². The van der Waals surface area contributed by atoms with Crippen LogP contribution in [-0.4, -0.2) is 37.5 Å². The van der Waals surface area contributed by atoms with Crippen molar-refractivity contribution >= 4 is 11.9 Å². The summed E-state index contributed by atoms with van der Waals surface area (Å²) in [5.41, 5.74) is 0. The van der Waals surface area contributed by atoms with Gasteiger partial charge >= 0.3 is 5.97 Å². The highest BCUT2D eigenvalue weighted by Gasteiger charge is 2.21. The number of hydrogen-bond acceptors (Lipinski definition) is 3. The number of carbonyl (C=O) groups is 2. The van der Waals surface area contributed by atoms with Crippen molar-refractivity contribution < 1.29 is 14.3 Å². The topological polar surface area (TPSA) is 46.6 Å². The summed E-state index contributed by atoms with van der Waals surface area (Å²) in [5, 5.41) is 0. The van der Waals surface area contributed by atoms with E-state index in [9.17, 15) is 9.59 Å². The summed E-state index contributed by atoms with van der Waals surface area (Å²) in [4.78, 5) is 25.2. The maximum Gasteiger partial charge on any atom is 0.310 e. The summed E-state index contributed by atoms with van der Waals surface area (Å²) in [7, 11) is 3.16. The van der Waals surface area contributed by atoms with Gasteiger partial charge in [-0.15, -0.1) is 0 Å². The monoisotopic (exact) mass is 269 g/mol. The van der Waals surface area contributed by atoms with Crippen LogP contribution in [0.25, 0.3) is 0 Å². The lowest BCUT2D eigenvalue weighted by Gasteiger charge is -2.22. The molecule has 1 aliphatic rings. The van der Waals surface area contributed by atoms with Crippen LogP contribution in [0.3, 0.4) is 0 Å². The Balaban J connectivity index is 2.36. The fraction of sp³-hybridized carbons (Fsp3) is 0.867. The molecule has 0 aromatic heterocycles. The number of nitrogens with zero attached hydrogens (tertiary/aromatic N) is 1. The molecule has 0 saturated heterocycles. The second kappa shape index (κ2) is 8.18. The van der Waals surface area contributed by atoms with Gasteiger partial charge in [-0.05, 0) is 18.8 Å². The molecule has 1 fully saturated rings. The zero-order valence-electron chi connectivity index (χ0n) is 12.5. The summed E-state index contributed by atoms with van der Waals surface area (Å²) in [5.74, 6) is 0.177. The number of rotatable bonds is 5. The Labute approximate surface area is 116 Å². The molecule has 0 N–H and O–H groups in total. The van der Waals surface area contributed by atoms with Crippen LogP contribution in [-0.2, 0) is 14.3 Å². The molecule has 0 heterocycles. The third-order valence-corrected chi connectivity index (χ3v) is 4.02. The van der Waals surface area contributed by atoms with Gasteiger partial charge in [0.25, 0.3) is 0 Å². The summed E-state index contributed by atoms with van der Waals surface area (Å²) in [6.07, 6.45) is 8.09. The summed E-state index contributed by atoms with van der Waals surface area (Å²) < 4.78 is 4.68. The van der Waals surface area contributed by atoms with E-state index in [4.69, 9.17) is 0 Å². The maximum absolute atomic E-state index is 12.1. The molecular formula is C15H27NO3. The van der Waals surface area contributed by atoms with Gasteiger partial charge in [0.05, 0.1) is 13.0 Å². The fourth-order valence-corrected chi connectivity index (χ4v) is 2.76. The van der Waals surface area contributed by atoms with Crippen LogP contribution in [0.4, 0.5) is 0 Å². The number of esters is 1. The Morgan fingerprint density at radius 1 is 1.21 bits per heavy atom. The van der Waals surface area contributed by atoms with Crippen LogP contribution in [0, 0.1) is 11.8 Å². The van der Waals surface area contributed by atoms with Crippen LogP contribution in [0.15, 0.2) is 0 Å². The molecule has 1 unspecified atom stereocenters. The molecule has 0 aromatic carbocycles. The SMILES string of the molecule is COC(=O)C(C)CN(C)C(=O)CC1CCCCCC1. The predicted molar refractivity (Wildman–Crippen MR) is 74.6 cm³/mol. The van der Waals surface area contributed by atoms with Crippen molar-refractivity contribution in [3.8, 4) is 0 Å². The molecule has 1 amide bonds. The molecule has 1 aliphatic carbocycles. The molecule has 0 aromatic rings. The lowest BCUT2D eigenvalue weighted by atomic mass is 9.96. The molecule has 19 heavy (non-hydrogen) atoms. The normalized spacial score (nSPS) is 18.5. The highest BCUT2D eigenvalue weighted by atomic mass is 16.5. The summed E-state index contributed by atoms with van der Waals surface area (Å²) in [6.45, 7) is 2.24. The molecule has 0 spiro atoms. The van der Waals surface area contributed by atoms with Gasteiger partial charge in [0.1, 0.15) is 0 Å². The van der Waals surface area contributed by atoms with Crippen LogP contribution in [0.5, 0.6) is 0 Å². The number of methoxy groups -OCH3 is 1. The number of carbonyl (C=O) groups excluding carboxylic acids is 2. The molecule has 0 aliphatic heterocycles. The number of amides is 1. The predicted octanol–water partition coefficient (Wildman–Crippen LogP) is 2.61. The molecule has 4 nitrogen and oxygen atoms in total. The first-order valence-corrected chi connectivity index (χ1v) is 7.36. The van der Waals surface area contributed by atoms with Gasteiger partial charge in [-0.1, -0.05) is 32.6 Å². The lowest BCUT2D eigenvalue weighted by Crippen LogP contribution is -2.35. The second-order valence-corrected chi connectivity index (χ2v) is 5.76. The van der Waals surface area contributed by atoms with E-state index < -0.39 is 0 Å². The Kier molecular flexibility index (Phi) is 6.89. The van der Waals surface area contributed by atoms with Crippen LogP contribution < -0.4 is 0 Å². The van der Waals surface area contributed by atoms with Gasteiger partial charge < -0.3 is 9.64 Å². The number of hydrogen-bond donors (Lipinski definition) is 0. The minimum absolute atomic E-state index is 0.155. The Bertz CT molecular complexity index is 296. The molecule has 1 rings (SSSR count). The van der Waals surface area contributed by atoms with E-state index in [1.807, 2.05) is 0 Å². The van der Waals surface area contributed by atoms with Crippen molar-refractivity contribution in [3.63, 3.8) is 0 Å². The second-order valence-electron chi connectivity index (χ2n) is 5.76. The zero-order chi connectivity index (χ0) is 14.3. The quantitative estimate of drug-likeness (QED) is 0.569. The Morgan fingerprint density at radius 3 is 2.32 bits per heavy atom. The molecule has 4 heteroatoms. The standard InChI is InChI=1S/C15H27NO3/c1-12(15(18)19-3)11-16(2)14(17)10-13-8-6-4-5-7-9-13/h12-13H,4-11H2,1-3H3. The van der Waals surface area contributed by atoms with Gasteiger partial charge in [0, 0.05) is 20.0 Å². The molecule has 110 valence electrons. The lowest BCUT2D eigenvalue weighted by molar-refractivity contribution is -0.146. The first kappa shape index (κ1) is 16.0. The molecule has 0 bridgehead atoms. The summed E-state index contributed by atoms with van der Waals surface area (Å²) in [6, 6.07) is 0. The van der Waals surface area contributed by atoms with Gasteiger partial charge in [-0.3, -0.25) is 9.59 Å². The van der Waals surface area contributed by atoms with Crippen molar-refractivity contribution in [2.45, 2.75) is 51.9 Å². The van der Waals surface area contributed by atoms with Crippen LogP contribution >= 0.6 is 0 Å². The van der Waals surface area contributed by atoms with E-state index in [0.29, 0.717) is 18.9 Å².